The number of rotatable bonds is 6. The molecule has 5 heteroatoms. The van der Waals surface area contributed by atoms with Gasteiger partial charge in [0.1, 0.15) is 5.82 Å². The average molecular weight is 276 g/mol. The van der Waals surface area contributed by atoms with Gasteiger partial charge in [-0.3, -0.25) is 4.90 Å². The first-order valence-electron chi connectivity index (χ1n) is 7.08. The zero-order chi connectivity index (χ0) is 14.7. The third-order valence-corrected chi connectivity index (χ3v) is 3.89. The van der Waals surface area contributed by atoms with Crippen molar-refractivity contribution < 1.29 is 5.11 Å². The summed E-state index contributed by atoms with van der Waals surface area (Å²) >= 11 is 0. The lowest BCUT2D eigenvalue weighted by molar-refractivity contribution is 0.181. The van der Waals surface area contributed by atoms with Gasteiger partial charge in [-0.2, -0.15) is 0 Å². The molecule has 0 aliphatic heterocycles. The van der Waals surface area contributed by atoms with E-state index in [-0.39, 0.29) is 18.7 Å². The first-order valence-corrected chi connectivity index (χ1v) is 7.08. The molecule has 0 radical (unpaired) electrons. The molecule has 20 heavy (non-hydrogen) atoms. The molecule has 0 fully saturated rings. The van der Waals surface area contributed by atoms with E-state index in [1.807, 2.05) is 25.2 Å². The van der Waals surface area contributed by atoms with Gasteiger partial charge in [-0.1, -0.05) is 12.1 Å². The molecule has 0 amide bonds. The van der Waals surface area contributed by atoms with Crippen LogP contribution in [0.2, 0.25) is 0 Å². The maximum absolute atomic E-state index is 9.11. The molecule has 0 spiro atoms. The number of hydrogen-bond donors (Lipinski definition) is 2. The molecule has 2 atom stereocenters. The molecule has 0 aliphatic rings. The lowest BCUT2D eigenvalue weighted by Gasteiger charge is -2.26. The summed E-state index contributed by atoms with van der Waals surface area (Å²) in [4.78, 5) is 6.87. The minimum absolute atomic E-state index is 0.128. The fourth-order valence-corrected chi connectivity index (χ4v) is 2.47. The van der Waals surface area contributed by atoms with Crippen LogP contribution < -0.4 is 5.73 Å². The predicted octanol–water partition coefficient (Wildman–Crippen LogP) is 1.54. The first-order chi connectivity index (χ1) is 9.60. The largest absolute Gasteiger partial charge is 0.395 e. The smallest absolute Gasteiger partial charge is 0.127 e. The van der Waals surface area contributed by atoms with Crippen LogP contribution in [0.25, 0.3) is 11.0 Å². The Morgan fingerprint density at radius 2 is 2.05 bits per heavy atom. The Hall–Kier alpha value is -1.43. The number of nitrogens with zero attached hydrogens (tertiary/aromatic N) is 3. The summed E-state index contributed by atoms with van der Waals surface area (Å²) in [5, 5.41) is 9.11. The lowest BCUT2D eigenvalue weighted by Crippen LogP contribution is -2.29. The summed E-state index contributed by atoms with van der Waals surface area (Å²) in [5.74, 6) is 1.00. The number of benzene rings is 1. The number of fused-ring (bicyclic) bond motifs is 1. The van der Waals surface area contributed by atoms with E-state index in [0.717, 1.165) is 16.9 Å². The molecule has 3 N–H and O–H groups in total. The van der Waals surface area contributed by atoms with Crippen molar-refractivity contribution in [3.05, 3.63) is 30.1 Å². The van der Waals surface area contributed by atoms with E-state index < -0.39 is 0 Å². The molecule has 110 valence electrons. The quantitative estimate of drug-likeness (QED) is 0.840. The lowest BCUT2D eigenvalue weighted by atomic mass is 10.2. The Kier molecular flexibility index (Phi) is 4.75. The Morgan fingerprint density at radius 1 is 1.35 bits per heavy atom. The second-order valence-electron chi connectivity index (χ2n) is 5.29. The molecule has 2 unspecified atom stereocenters. The number of hydrogen-bond acceptors (Lipinski definition) is 4. The molecule has 0 bridgehead atoms. The summed E-state index contributed by atoms with van der Waals surface area (Å²) in [6.45, 7) is 5.56. The number of nitrogens with two attached hydrogens (primary N) is 1. The monoisotopic (exact) mass is 276 g/mol. The van der Waals surface area contributed by atoms with E-state index in [1.54, 1.807) is 0 Å². The average Bonchev–Trinajstić information content (AvgIpc) is 2.85. The standard InChI is InChI=1S/C15H24N4O/c1-11(10-16)19-14-7-5-4-6-13(14)17-15(19)12(2)18(3)8-9-20/h4-7,11-12,20H,8-10,16H2,1-3H3. The molecule has 5 nitrogen and oxygen atoms in total. The summed E-state index contributed by atoms with van der Waals surface area (Å²) in [6.07, 6.45) is 0. The summed E-state index contributed by atoms with van der Waals surface area (Å²) in [7, 11) is 2.00. The zero-order valence-corrected chi connectivity index (χ0v) is 12.5. The van der Waals surface area contributed by atoms with Crippen LogP contribution in [-0.2, 0) is 0 Å². The van der Waals surface area contributed by atoms with Crippen LogP contribution >= 0.6 is 0 Å². The second kappa shape index (κ2) is 6.35. The van der Waals surface area contributed by atoms with E-state index in [9.17, 15) is 0 Å². The third-order valence-electron chi connectivity index (χ3n) is 3.89. The topological polar surface area (TPSA) is 67.3 Å². The van der Waals surface area contributed by atoms with Crippen LogP contribution in [0.4, 0.5) is 0 Å². The molecule has 1 aromatic carbocycles. The van der Waals surface area contributed by atoms with Crippen LogP contribution in [0, 0.1) is 0 Å². The van der Waals surface area contributed by atoms with Gasteiger partial charge in [-0.15, -0.1) is 0 Å². The number of aliphatic hydroxyl groups is 1. The molecule has 2 aromatic rings. The Balaban J connectivity index is 2.51. The third kappa shape index (κ3) is 2.70. The zero-order valence-electron chi connectivity index (χ0n) is 12.5. The molecular formula is C15H24N4O. The Morgan fingerprint density at radius 3 is 2.70 bits per heavy atom. The van der Waals surface area contributed by atoms with Crippen molar-refractivity contribution in [2.45, 2.75) is 25.9 Å². The highest BCUT2D eigenvalue weighted by molar-refractivity contribution is 5.76. The molecule has 0 saturated carbocycles. The van der Waals surface area contributed by atoms with Crippen molar-refractivity contribution in [1.29, 1.82) is 0 Å². The molecule has 0 saturated heterocycles. The summed E-state index contributed by atoms with van der Waals surface area (Å²) < 4.78 is 2.22. The van der Waals surface area contributed by atoms with Gasteiger partial charge in [0.15, 0.2) is 0 Å². The Labute approximate surface area is 120 Å². The van der Waals surface area contributed by atoms with E-state index in [1.165, 1.54) is 0 Å². The number of imidazole rings is 1. The van der Waals surface area contributed by atoms with E-state index in [4.69, 9.17) is 15.8 Å². The molecule has 1 heterocycles. The molecular weight excluding hydrogens is 252 g/mol. The maximum atomic E-state index is 9.11. The molecule has 2 rings (SSSR count). The fraction of sp³-hybridized carbons (Fsp3) is 0.533. The SMILES string of the molecule is CC(c1nc2ccccc2n1C(C)CN)N(C)CCO. The van der Waals surface area contributed by atoms with Crippen LogP contribution in [0.1, 0.15) is 31.8 Å². The van der Waals surface area contributed by atoms with Gasteiger partial charge in [-0.05, 0) is 33.0 Å². The first kappa shape index (κ1) is 15.0. The molecule has 0 aliphatic carbocycles. The van der Waals surface area contributed by atoms with Crippen LogP contribution in [0.15, 0.2) is 24.3 Å². The highest BCUT2D eigenvalue weighted by Gasteiger charge is 2.21. The highest BCUT2D eigenvalue weighted by atomic mass is 16.3. The fourth-order valence-electron chi connectivity index (χ4n) is 2.47. The number of likely N-dealkylation sites (N-methyl/N-ethyl adjacent to an activating group) is 1. The van der Waals surface area contributed by atoms with Crippen molar-refractivity contribution in [2.24, 2.45) is 5.73 Å². The summed E-state index contributed by atoms with van der Waals surface area (Å²) in [6, 6.07) is 8.45. The predicted molar refractivity (Wildman–Crippen MR) is 81.6 cm³/mol. The van der Waals surface area contributed by atoms with Crippen molar-refractivity contribution >= 4 is 11.0 Å². The van der Waals surface area contributed by atoms with Crippen LogP contribution in [0.3, 0.4) is 0 Å². The number of aliphatic hydroxyl groups excluding tert-OH is 1. The maximum Gasteiger partial charge on any atom is 0.127 e. The van der Waals surface area contributed by atoms with Crippen molar-refractivity contribution in [1.82, 2.24) is 14.5 Å². The van der Waals surface area contributed by atoms with E-state index in [0.29, 0.717) is 13.1 Å². The second-order valence-corrected chi connectivity index (χ2v) is 5.29. The van der Waals surface area contributed by atoms with Gasteiger partial charge in [0.05, 0.1) is 23.7 Å². The van der Waals surface area contributed by atoms with E-state index in [2.05, 4.69) is 29.4 Å². The van der Waals surface area contributed by atoms with Crippen LogP contribution in [-0.4, -0.2) is 46.3 Å². The van der Waals surface area contributed by atoms with Gasteiger partial charge >= 0.3 is 0 Å². The Bertz CT molecular complexity index is 566. The van der Waals surface area contributed by atoms with Gasteiger partial charge in [0.2, 0.25) is 0 Å². The van der Waals surface area contributed by atoms with Crippen molar-refractivity contribution in [3.63, 3.8) is 0 Å². The van der Waals surface area contributed by atoms with Crippen molar-refractivity contribution in [2.75, 3.05) is 26.7 Å². The van der Waals surface area contributed by atoms with Crippen molar-refractivity contribution in [3.8, 4) is 0 Å². The van der Waals surface area contributed by atoms with E-state index >= 15 is 0 Å². The number of para-hydroxylation sites is 2. The van der Waals surface area contributed by atoms with Gasteiger partial charge < -0.3 is 15.4 Å². The number of aromatic nitrogens is 2. The van der Waals surface area contributed by atoms with Gasteiger partial charge in [0.25, 0.3) is 0 Å². The minimum atomic E-state index is 0.128. The minimum Gasteiger partial charge on any atom is -0.395 e. The van der Waals surface area contributed by atoms with Gasteiger partial charge in [-0.25, -0.2) is 4.98 Å². The normalized spacial score (nSPS) is 14.9. The van der Waals surface area contributed by atoms with Crippen LogP contribution in [0.5, 0.6) is 0 Å². The van der Waals surface area contributed by atoms with Gasteiger partial charge in [0, 0.05) is 19.1 Å². The molecule has 1 aromatic heterocycles. The summed E-state index contributed by atoms with van der Waals surface area (Å²) in [5.41, 5.74) is 7.96. The highest BCUT2D eigenvalue weighted by Crippen LogP contribution is 2.27.